The molecule has 0 bridgehead atoms. The summed E-state index contributed by atoms with van der Waals surface area (Å²) in [5, 5.41) is 9.43. The lowest BCUT2D eigenvalue weighted by atomic mass is 9.95. The molecule has 5 heteroatoms. The molecular weight excluding hydrogens is 455 g/mol. The molecule has 1 aliphatic carbocycles. The molecule has 1 atom stereocenters. The highest BCUT2D eigenvalue weighted by Gasteiger charge is 2.36. The summed E-state index contributed by atoms with van der Waals surface area (Å²) in [5.74, 6) is -1.67. The zero-order valence-electron chi connectivity index (χ0n) is 15.2. The van der Waals surface area contributed by atoms with Crippen molar-refractivity contribution < 1.29 is 19.4 Å². The molecule has 2 aromatic carbocycles. The Labute approximate surface area is 172 Å². The molecule has 0 radical (unpaired) electrons. The monoisotopic (exact) mass is 476 g/mol. The van der Waals surface area contributed by atoms with Crippen molar-refractivity contribution in [3.05, 3.63) is 71.8 Å². The van der Waals surface area contributed by atoms with Crippen LogP contribution in [0.25, 0.3) is 11.1 Å². The first-order valence-corrected chi connectivity index (χ1v) is 9.89. The minimum atomic E-state index is -1.14. The van der Waals surface area contributed by atoms with Crippen LogP contribution in [0.2, 0.25) is 0 Å². The predicted octanol–water partition coefficient (Wildman–Crippen LogP) is 4.81. The standard InChI is InChI=1S/C22H21IO4/c1-14(2)22(23,21(25)26)12-11-20(24)27-13-19-17-9-5-3-7-15(17)16-8-4-6-10-18(16)19/h3-12,14,19H,13H2,1-2H3,(H,25,26)/b12-11+/t22-/m1/s1. The summed E-state index contributed by atoms with van der Waals surface area (Å²) in [7, 11) is 0. The maximum absolute atomic E-state index is 12.2. The average molecular weight is 476 g/mol. The summed E-state index contributed by atoms with van der Waals surface area (Å²) in [4.78, 5) is 23.7. The molecule has 27 heavy (non-hydrogen) atoms. The van der Waals surface area contributed by atoms with Gasteiger partial charge >= 0.3 is 11.9 Å². The van der Waals surface area contributed by atoms with Gasteiger partial charge in [0.1, 0.15) is 10.0 Å². The van der Waals surface area contributed by atoms with Crippen molar-refractivity contribution in [2.45, 2.75) is 23.2 Å². The van der Waals surface area contributed by atoms with Crippen LogP contribution >= 0.6 is 22.6 Å². The largest absolute Gasteiger partial charge is 0.480 e. The molecule has 0 aromatic heterocycles. The lowest BCUT2D eigenvalue weighted by Crippen LogP contribution is -2.35. The highest BCUT2D eigenvalue weighted by Crippen LogP contribution is 2.44. The quantitative estimate of drug-likeness (QED) is 0.281. The Morgan fingerprint density at radius 1 is 1.11 bits per heavy atom. The van der Waals surface area contributed by atoms with E-state index < -0.39 is 15.4 Å². The van der Waals surface area contributed by atoms with Crippen LogP contribution in [0.3, 0.4) is 0 Å². The van der Waals surface area contributed by atoms with Crippen molar-refractivity contribution in [1.29, 1.82) is 0 Å². The summed E-state index contributed by atoms with van der Waals surface area (Å²) < 4.78 is 4.34. The molecule has 0 amide bonds. The zero-order valence-corrected chi connectivity index (χ0v) is 17.3. The van der Waals surface area contributed by atoms with Crippen LogP contribution in [0.1, 0.15) is 30.9 Å². The number of aliphatic carboxylic acids is 1. The molecule has 1 N–H and O–H groups in total. The average Bonchev–Trinajstić information content (AvgIpc) is 2.98. The second-order valence-corrected chi connectivity index (χ2v) is 8.70. The van der Waals surface area contributed by atoms with Gasteiger partial charge in [-0.05, 0) is 28.2 Å². The normalized spacial score (nSPS) is 15.4. The molecular formula is C22H21IO4. The fraction of sp³-hybridized carbons (Fsp3) is 0.273. The van der Waals surface area contributed by atoms with Crippen molar-refractivity contribution in [2.24, 2.45) is 5.92 Å². The Morgan fingerprint density at radius 2 is 1.63 bits per heavy atom. The maximum Gasteiger partial charge on any atom is 0.330 e. The number of hydrogen-bond acceptors (Lipinski definition) is 3. The van der Waals surface area contributed by atoms with Crippen LogP contribution < -0.4 is 0 Å². The van der Waals surface area contributed by atoms with Gasteiger partial charge in [-0.2, -0.15) is 0 Å². The molecule has 4 nitrogen and oxygen atoms in total. The summed E-state index contributed by atoms with van der Waals surface area (Å²) in [6.07, 6.45) is 2.65. The highest BCUT2D eigenvalue weighted by molar-refractivity contribution is 14.1. The minimum Gasteiger partial charge on any atom is -0.480 e. The van der Waals surface area contributed by atoms with Gasteiger partial charge in [0.05, 0.1) is 0 Å². The number of benzene rings is 2. The van der Waals surface area contributed by atoms with E-state index in [2.05, 4.69) is 24.3 Å². The van der Waals surface area contributed by atoms with Gasteiger partial charge in [-0.15, -0.1) is 0 Å². The second-order valence-electron chi connectivity index (χ2n) is 6.92. The maximum atomic E-state index is 12.2. The van der Waals surface area contributed by atoms with E-state index in [1.807, 2.05) is 60.7 Å². The van der Waals surface area contributed by atoms with E-state index in [1.165, 1.54) is 23.3 Å². The number of carboxylic acids is 1. The number of halogens is 1. The first-order chi connectivity index (χ1) is 12.8. The van der Waals surface area contributed by atoms with Crippen LogP contribution in [0, 0.1) is 5.92 Å². The molecule has 1 aliphatic rings. The summed E-state index contributed by atoms with van der Waals surface area (Å²) >= 11 is 1.86. The molecule has 0 heterocycles. The number of alkyl halides is 1. The number of esters is 1. The molecule has 0 saturated heterocycles. The number of fused-ring (bicyclic) bond motifs is 3. The van der Waals surface area contributed by atoms with E-state index >= 15 is 0 Å². The van der Waals surface area contributed by atoms with Crippen molar-refractivity contribution in [1.82, 2.24) is 0 Å². The Bertz CT molecular complexity index is 857. The number of carboxylic acid groups (broad SMARTS) is 1. The first-order valence-electron chi connectivity index (χ1n) is 8.81. The minimum absolute atomic E-state index is 0.0105. The lowest BCUT2D eigenvalue weighted by Gasteiger charge is -2.22. The first kappa shape index (κ1) is 19.6. The third-order valence-electron chi connectivity index (χ3n) is 4.98. The summed E-state index contributed by atoms with van der Waals surface area (Å²) in [5.41, 5.74) is 4.63. The Balaban J connectivity index is 1.75. The van der Waals surface area contributed by atoms with Crippen molar-refractivity contribution in [2.75, 3.05) is 6.61 Å². The number of carbonyl (C=O) groups is 2. The van der Waals surface area contributed by atoms with Crippen LogP contribution in [0.4, 0.5) is 0 Å². The third-order valence-corrected chi connectivity index (χ3v) is 7.05. The molecule has 0 saturated carbocycles. The molecule has 3 rings (SSSR count). The Hall–Kier alpha value is -2.15. The lowest BCUT2D eigenvalue weighted by molar-refractivity contribution is -0.138. The van der Waals surface area contributed by atoms with Crippen LogP contribution in [-0.2, 0) is 14.3 Å². The van der Waals surface area contributed by atoms with E-state index in [9.17, 15) is 14.7 Å². The van der Waals surface area contributed by atoms with Crippen LogP contribution in [0.5, 0.6) is 0 Å². The van der Waals surface area contributed by atoms with Gasteiger partial charge in [-0.3, -0.25) is 4.79 Å². The molecule has 0 fully saturated rings. The van der Waals surface area contributed by atoms with Gasteiger partial charge in [0.2, 0.25) is 0 Å². The molecule has 140 valence electrons. The summed E-state index contributed by atoms with van der Waals surface area (Å²) in [6.45, 7) is 3.84. The second kappa shape index (κ2) is 7.84. The van der Waals surface area contributed by atoms with E-state index in [-0.39, 0.29) is 18.4 Å². The van der Waals surface area contributed by atoms with E-state index in [0.717, 1.165) is 11.1 Å². The number of ether oxygens (including phenoxy) is 1. The topological polar surface area (TPSA) is 63.6 Å². The Morgan fingerprint density at radius 3 is 2.11 bits per heavy atom. The van der Waals surface area contributed by atoms with Gasteiger partial charge in [-0.25, -0.2) is 4.79 Å². The van der Waals surface area contributed by atoms with Crippen molar-refractivity contribution in [3.63, 3.8) is 0 Å². The van der Waals surface area contributed by atoms with Gasteiger partial charge in [0.15, 0.2) is 0 Å². The van der Waals surface area contributed by atoms with Gasteiger partial charge in [0.25, 0.3) is 0 Å². The van der Waals surface area contributed by atoms with Gasteiger partial charge in [0, 0.05) is 12.0 Å². The molecule has 0 aliphatic heterocycles. The van der Waals surface area contributed by atoms with Crippen LogP contribution in [-0.4, -0.2) is 27.1 Å². The SMILES string of the molecule is CC(C)[C@](I)(/C=C/C(=O)OCC1c2ccccc2-c2ccccc21)C(=O)O. The Kier molecular flexibility index (Phi) is 5.69. The van der Waals surface area contributed by atoms with E-state index in [0.29, 0.717) is 0 Å². The van der Waals surface area contributed by atoms with Crippen molar-refractivity contribution in [3.8, 4) is 11.1 Å². The van der Waals surface area contributed by atoms with Gasteiger partial charge in [-0.1, -0.05) is 91.0 Å². The van der Waals surface area contributed by atoms with Crippen LogP contribution in [0.15, 0.2) is 60.7 Å². The third kappa shape index (κ3) is 3.78. The highest BCUT2D eigenvalue weighted by atomic mass is 127. The predicted molar refractivity (Wildman–Crippen MR) is 113 cm³/mol. The number of carbonyl (C=O) groups excluding carboxylic acids is 1. The number of hydrogen-bond donors (Lipinski definition) is 1. The summed E-state index contributed by atoms with van der Waals surface area (Å²) in [6, 6.07) is 16.3. The molecule has 0 unspecified atom stereocenters. The van der Waals surface area contributed by atoms with E-state index in [4.69, 9.17) is 4.74 Å². The molecule has 0 spiro atoms. The fourth-order valence-electron chi connectivity index (χ4n) is 3.35. The molecule has 2 aromatic rings. The van der Waals surface area contributed by atoms with Gasteiger partial charge < -0.3 is 9.84 Å². The van der Waals surface area contributed by atoms with E-state index in [1.54, 1.807) is 0 Å². The zero-order chi connectivity index (χ0) is 19.6. The fourth-order valence-corrected chi connectivity index (χ4v) is 3.53. The van der Waals surface area contributed by atoms with Crippen molar-refractivity contribution >= 4 is 34.5 Å². The smallest absolute Gasteiger partial charge is 0.330 e. The number of rotatable bonds is 6.